The second kappa shape index (κ2) is 8.94. The molecule has 0 bridgehead atoms. The Morgan fingerprint density at radius 3 is 2.28 bits per heavy atom. The Morgan fingerprint density at radius 2 is 1.64 bits per heavy atom. The zero-order valence-corrected chi connectivity index (χ0v) is 15.5. The van der Waals surface area contributed by atoms with Crippen molar-refractivity contribution < 1.29 is 14.3 Å². The first-order valence-corrected chi connectivity index (χ1v) is 8.43. The molecule has 0 aliphatic rings. The van der Waals surface area contributed by atoms with E-state index in [4.69, 9.17) is 39.5 Å². The van der Waals surface area contributed by atoms with Crippen LogP contribution in [0.25, 0.3) is 0 Å². The fourth-order valence-electron chi connectivity index (χ4n) is 1.88. The molecule has 1 atom stereocenters. The van der Waals surface area contributed by atoms with E-state index in [0.29, 0.717) is 20.8 Å². The summed E-state index contributed by atoms with van der Waals surface area (Å²) in [6.07, 6.45) is -0.759. The van der Waals surface area contributed by atoms with Crippen molar-refractivity contribution in [3.05, 3.63) is 63.1 Å². The molecule has 0 radical (unpaired) electrons. The standard InChI is InChI=1S/C17H15Cl3N2O3/c1-10(25-15-7-6-13(19)9-14(15)20)17(24)22-21-16(23)8-11-2-4-12(18)5-3-11/h2-7,9-10H,8H2,1H3,(H,21,23)(H,22,24)/t10-/m0/s1. The van der Waals surface area contributed by atoms with Crippen LogP contribution >= 0.6 is 34.8 Å². The van der Waals surface area contributed by atoms with Crippen LogP contribution < -0.4 is 15.6 Å². The molecular weight excluding hydrogens is 387 g/mol. The third-order valence-corrected chi connectivity index (χ3v) is 3.95. The van der Waals surface area contributed by atoms with Gasteiger partial charge in [-0.2, -0.15) is 0 Å². The van der Waals surface area contributed by atoms with Gasteiger partial charge in [-0.05, 0) is 42.8 Å². The molecule has 2 amide bonds. The molecule has 5 nitrogen and oxygen atoms in total. The number of carbonyl (C=O) groups is 2. The van der Waals surface area contributed by atoms with Gasteiger partial charge in [0.05, 0.1) is 11.4 Å². The second-order valence-electron chi connectivity index (χ2n) is 5.18. The highest BCUT2D eigenvalue weighted by Gasteiger charge is 2.17. The van der Waals surface area contributed by atoms with E-state index in [-0.39, 0.29) is 12.3 Å². The number of halogens is 3. The van der Waals surface area contributed by atoms with E-state index in [1.807, 2.05) is 0 Å². The van der Waals surface area contributed by atoms with Crippen molar-refractivity contribution in [2.75, 3.05) is 0 Å². The number of benzene rings is 2. The highest BCUT2D eigenvalue weighted by Crippen LogP contribution is 2.28. The lowest BCUT2D eigenvalue weighted by Crippen LogP contribution is -2.47. The number of hydrogen-bond acceptors (Lipinski definition) is 3. The highest BCUT2D eigenvalue weighted by molar-refractivity contribution is 6.35. The van der Waals surface area contributed by atoms with Crippen LogP contribution in [-0.2, 0) is 16.0 Å². The summed E-state index contributed by atoms with van der Waals surface area (Å²) in [6.45, 7) is 1.53. The molecule has 0 saturated heterocycles. The molecule has 2 aromatic carbocycles. The molecule has 0 spiro atoms. The van der Waals surface area contributed by atoms with Gasteiger partial charge in [-0.1, -0.05) is 46.9 Å². The first-order valence-electron chi connectivity index (χ1n) is 7.30. The first-order chi connectivity index (χ1) is 11.8. The summed E-state index contributed by atoms with van der Waals surface area (Å²) in [7, 11) is 0. The van der Waals surface area contributed by atoms with Crippen LogP contribution in [0.4, 0.5) is 0 Å². The average Bonchev–Trinajstić information content (AvgIpc) is 2.57. The van der Waals surface area contributed by atoms with Crippen molar-refractivity contribution in [1.82, 2.24) is 10.9 Å². The highest BCUT2D eigenvalue weighted by atomic mass is 35.5. The fraction of sp³-hybridized carbons (Fsp3) is 0.176. The lowest BCUT2D eigenvalue weighted by atomic mass is 10.1. The summed E-state index contributed by atoms with van der Waals surface area (Å²) in [5.41, 5.74) is 5.41. The Kier molecular flexibility index (Phi) is 6.93. The molecule has 8 heteroatoms. The normalized spacial score (nSPS) is 11.5. The molecular formula is C17H15Cl3N2O3. The van der Waals surface area contributed by atoms with Crippen molar-refractivity contribution in [2.45, 2.75) is 19.4 Å². The van der Waals surface area contributed by atoms with E-state index in [0.717, 1.165) is 5.56 Å². The predicted molar refractivity (Wildman–Crippen MR) is 98.0 cm³/mol. The number of carbonyl (C=O) groups excluding carboxylic acids is 2. The molecule has 0 saturated carbocycles. The van der Waals surface area contributed by atoms with Crippen LogP contribution in [0.15, 0.2) is 42.5 Å². The van der Waals surface area contributed by atoms with Crippen molar-refractivity contribution in [2.24, 2.45) is 0 Å². The van der Waals surface area contributed by atoms with Gasteiger partial charge in [0.2, 0.25) is 5.91 Å². The Balaban J connectivity index is 1.82. The monoisotopic (exact) mass is 400 g/mol. The van der Waals surface area contributed by atoms with Crippen molar-refractivity contribution in [1.29, 1.82) is 0 Å². The molecule has 0 unspecified atom stereocenters. The zero-order valence-electron chi connectivity index (χ0n) is 13.2. The summed E-state index contributed by atoms with van der Waals surface area (Å²) in [4.78, 5) is 23.8. The summed E-state index contributed by atoms with van der Waals surface area (Å²) < 4.78 is 5.46. The largest absolute Gasteiger partial charge is 0.479 e. The van der Waals surface area contributed by atoms with Gasteiger partial charge in [-0.3, -0.25) is 20.4 Å². The number of hydrogen-bond donors (Lipinski definition) is 2. The number of hydrazine groups is 1. The smallest absolute Gasteiger partial charge is 0.279 e. The van der Waals surface area contributed by atoms with Crippen molar-refractivity contribution in [3.8, 4) is 5.75 Å². The average molecular weight is 402 g/mol. The Bertz CT molecular complexity index is 766. The molecule has 0 fully saturated rings. The Labute approximate surface area is 160 Å². The van der Waals surface area contributed by atoms with E-state index in [2.05, 4.69) is 10.9 Å². The van der Waals surface area contributed by atoms with Gasteiger partial charge in [0.1, 0.15) is 5.75 Å². The van der Waals surface area contributed by atoms with Gasteiger partial charge in [0.15, 0.2) is 6.10 Å². The van der Waals surface area contributed by atoms with Crippen LogP contribution in [-0.4, -0.2) is 17.9 Å². The van der Waals surface area contributed by atoms with E-state index in [1.165, 1.54) is 13.0 Å². The Hall–Kier alpha value is -1.95. The lowest BCUT2D eigenvalue weighted by molar-refractivity contribution is -0.132. The van der Waals surface area contributed by atoms with Gasteiger partial charge < -0.3 is 4.74 Å². The lowest BCUT2D eigenvalue weighted by Gasteiger charge is -2.16. The Morgan fingerprint density at radius 1 is 1.00 bits per heavy atom. The molecule has 2 aromatic rings. The van der Waals surface area contributed by atoms with E-state index < -0.39 is 12.0 Å². The van der Waals surface area contributed by atoms with Gasteiger partial charge in [0, 0.05) is 10.0 Å². The number of amides is 2. The summed E-state index contributed by atoms with van der Waals surface area (Å²) in [5, 5.41) is 1.34. The van der Waals surface area contributed by atoms with Crippen LogP contribution in [0.2, 0.25) is 15.1 Å². The molecule has 0 aliphatic heterocycles. The minimum atomic E-state index is -0.866. The predicted octanol–water partition coefficient (Wildman–Crippen LogP) is 3.80. The molecule has 2 N–H and O–H groups in total. The third kappa shape index (κ3) is 6.12. The van der Waals surface area contributed by atoms with Crippen LogP contribution in [0.3, 0.4) is 0 Å². The number of rotatable bonds is 5. The molecule has 0 heterocycles. The topological polar surface area (TPSA) is 67.4 Å². The molecule has 25 heavy (non-hydrogen) atoms. The number of ether oxygens (including phenoxy) is 1. The molecule has 0 aliphatic carbocycles. The minimum Gasteiger partial charge on any atom is -0.479 e. The van der Waals surface area contributed by atoms with Gasteiger partial charge in [-0.25, -0.2) is 0 Å². The second-order valence-corrected chi connectivity index (χ2v) is 6.46. The van der Waals surface area contributed by atoms with Gasteiger partial charge in [-0.15, -0.1) is 0 Å². The first kappa shape index (κ1) is 19.4. The van der Waals surface area contributed by atoms with Gasteiger partial charge >= 0.3 is 0 Å². The zero-order chi connectivity index (χ0) is 18.4. The summed E-state index contributed by atoms with van der Waals surface area (Å²) in [6, 6.07) is 11.5. The van der Waals surface area contributed by atoms with Crippen LogP contribution in [0.5, 0.6) is 5.75 Å². The van der Waals surface area contributed by atoms with E-state index in [9.17, 15) is 9.59 Å². The third-order valence-electron chi connectivity index (χ3n) is 3.17. The quantitative estimate of drug-likeness (QED) is 0.749. The molecule has 2 rings (SSSR count). The maximum Gasteiger partial charge on any atom is 0.279 e. The van der Waals surface area contributed by atoms with E-state index >= 15 is 0 Å². The van der Waals surface area contributed by atoms with Crippen LogP contribution in [0.1, 0.15) is 12.5 Å². The maximum absolute atomic E-state index is 12.0. The molecule has 0 aromatic heterocycles. The van der Waals surface area contributed by atoms with Crippen molar-refractivity contribution in [3.63, 3.8) is 0 Å². The fourth-order valence-corrected chi connectivity index (χ4v) is 2.46. The summed E-state index contributed by atoms with van der Waals surface area (Å²) in [5.74, 6) is -0.566. The maximum atomic E-state index is 12.0. The van der Waals surface area contributed by atoms with E-state index in [1.54, 1.807) is 36.4 Å². The van der Waals surface area contributed by atoms with Gasteiger partial charge in [0.25, 0.3) is 5.91 Å². The SMILES string of the molecule is C[C@H](Oc1ccc(Cl)cc1Cl)C(=O)NNC(=O)Cc1ccc(Cl)cc1. The molecule has 132 valence electrons. The summed E-state index contributed by atoms with van der Waals surface area (Å²) >= 11 is 17.6. The number of nitrogens with one attached hydrogen (secondary N) is 2. The van der Waals surface area contributed by atoms with Crippen molar-refractivity contribution >= 4 is 46.6 Å². The van der Waals surface area contributed by atoms with Crippen LogP contribution in [0, 0.1) is 0 Å². The minimum absolute atomic E-state index is 0.107.